The molecule has 1 N–H and O–H groups in total. The standard InChI is InChI=1S/C23H23F2N3O3/c1-23(2,3)31-22(30)27-19(13-7-8-13)20-26-18-10-9-15(25)12-17(18)21(29)28(20)16-6-4-5-14(24)11-16/h4-6,9-13,19H,7-8H2,1-3H3,(H,27,30)/t19-/m0/s1. The lowest BCUT2D eigenvalue weighted by molar-refractivity contribution is 0.0493. The summed E-state index contributed by atoms with van der Waals surface area (Å²) in [5.74, 6) is -0.798. The van der Waals surface area contributed by atoms with Crippen LogP contribution in [-0.2, 0) is 4.74 Å². The van der Waals surface area contributed by atoms with E-state index in [0.29, 0.717) is 5.52 Å². The van der Waals surface area contributed by atoms with Gasteiger partial charge in [-0.3, -0.25) is 9.36 Å². The fourth-order valence-electron chi connectivity index (χ4n) is 3.51. The molecule has 0 unspecified atom stereocenters. The van der Waals surface area contributed by atoms with Crippen LogP contribution >= 0.6 is 0 Å². The summed E-state index contributed by atoms with van der Waals surface area (Å²) in [6.45, 7) is 5.26. The monoisotopic (exact) mass is 427 g/mol. The molecular formula is C23H23F2N3O3. The SMILES string of the molecule is CC(C)(C)OC(=O)N[C@H](c1nc2ccc(F)cc2c(=O)n1-c1cccc(F)c1)C1CC1. The highest BCUT2D eigenvalue weighted by Crippen LogP contribution is 2.41. The van der Waals surface area contributed by atoms with Crippen molar-refractivity contribution in [1.82, 2.24) is 14.9 Å². The van der Waals surface area contributed by atoms with Crippen molar-refractivity contribution >= 4 is 17.0 Å². The smallest absolute Gasteiger partial charge is 0.408 e. The number of ether oxygens (including phenoxy) is 1. The minimum atomic E-state index is -0.700. The fourth-order valence-corrected chi connectivity index (χ4v) is 3.51. The van der Waals surface area contributed by atoms with E-state index in [2.05, 4.69) is 10.3 Å². The molecule has 1 atom stereocenters. The number of nitrogens with one attached hydrogen (secondary N) is 1. The van der Waals surface area contributed by atoms with Crippen molar-refractivity contribution in [1.29, 1.82) is 0 Å². The Kier molecular flexibility index (Phi) is 5.24. The van der Waals surface area contributed by atoms with Gasteiger partial charge < -0.3 is 10.1 Å². The normalized spacial score (nSPS) is 15.0. The second-order valence-electron chi connectivity index (χ2n) is 8.71. The van der Waals surface area contributed by atoms with Crippen LogP contribution in [0.2, 0.25) is 0 Å². The Hall–Kier alpha value is -3.29. The molecular weight excluding hydrogens is 404 g/mol. The van der Waals surface area contributed by atoms with Gasteiger partial charge in [-0.25, -0.2) is 18.6 Å². The third-order valence-corrected chi connectivity index (χ3v) is 4.97. The van der Waals surface area contributed by atoms with E-state index in [-0.39, 0.29) is 22.8 Å². The van der Waals surface area contributed by atoms with E-state index >= 15 is 0 Å². The zero-order valence-corrected chi connectivity index (χ0v) is 17.5. The molecule has 3 aromatic rings. The number of benzene rings is 2. The van der Waals surface area contributed by atoms with E-state index in [1.807, 2.05) is 0 Å². The summed E-state index contributed by atoms with van der Waals surface area (Å²) in [5.41, 5.74) is -0.697. The summed E-state index contributed by atoms with van der Waals surface area (Å²) in [7, 11) is 0. The first-order valence-electron chi connectivity index (χ1n) is 10.1. The van der Waals surface area contributed by atoms with Crippen LogP contribution in [0.25, 0.3) is 16.6 Å². The van der Waals surface area contributed by atoms with Gasteiger partial charge in [-0.05, 0) is 75.9 Å². The molecule has 0 radical (unpaired) electrons. The number of hydrogen-bond donors (Lipinski definition) is 1. The molecule has 1 aliphatic carbocycles. The van der Waals surface area contributed by atoms with Crippen LogP contribution in [0.4, 0.5) is 13.6 Å². The molecule has 2 aromatic carbocycles. The summed E-state index contributed by atoms with van der Waals surface area (Å²) in [6.07, 6.45) is 1.03. The second kappa shape index (κ2) is 7.76. The van der Waals surface area contributed by atoms with Crippen molar-refractivity contribution in [2.45, 2.75) is 45.3 Å². The summed E-state index contributed by atoms with van der Waals surface area (Å²) in [5, 5.41) is 2.90. The molecule has 0 saturated heterocycles. The maximum atomic E-state index is 14.0. The Balaban J connectivity index is 1.90. The third kappa shape index (κ3) is 4.57. The van der Waals surface area contributed by atoms with Gasteiger partial charge in [0.2, 0.25) is 0 Å². The summed E-state index contributed by atoms with van der Waals surface area (Å²) >= 11 is 0. The van der Waals surface area contributed by atoms with Crippen LogP contribution in [0.3, 0.4) is 0 Å². The van der Waals surface area contributed by atoms with Crippen LogP contribution in [0, 0.1) is 17.6 Å². The number of fused-ring (bicyclic) bond motifs is 1. The number of carbonyl (C=O) groups excluding carboxylic acids is 1. The number of carbonyl (C=O) groups is 1. The number of aromatic nitrogens is 2. The minimum Gasteiger partial charge on any atom is -0.444 e. The lowest BCUT2D eigenvalue weighted by atomic mass is 10.1. The third-order valence-electron chi connectivity index (χ3n) is 4.97. The zero-order chi connectivity index (χ0) is 22.3. The zero-order valence-electron chi connectivity index (χ0n) is 17.5. The van der Waals surface area contributed by atoms with E-state index in [4.69, 9.17) is 4.74 Å². The molecule has 1 amide bonds. The van der Waals surface area contributed by atoms with Crippen molar-refractivity contribution in [2.24, 2.45) is 5.92 Å². The van der Waals surface area contributed by atoms with Crippen LogP contribution in [-0.4, -0.2) is 21.2 Å². The molecule has 0 spiro atoms. The molecule has 1 aromatic heterocycles. The molecule has 4 rings (SSSR count). The molecule has 1 fully saturated rings. The highest BCUT2D eigenvalue weighted by Gasteiger charge is 2.38. The summed E-state index contributed by atoms with van der Waals surface area (Å²) in [6, 6.07) is 8.64. The second-order valence-corrected chi connectivity index (χ2v) is 8.71. The largest absolute Gasteiger partial charge is 0.444 e. The lowest BCUT2D eigenvalue weighted by Crippen LogP contribution is -2.38. The number of nitrogens with zero attached hydrogens (tertiary/aromatic N) is 2. The van der Waals surface area contributed by atoms with E-state index in [0.717, 1.165) is 18.9 Å². The highest BCUT2D eigenvalue weighted by molar-refractivity contribution is 5.78. The van der Waals surface area contributed by atoms with E-state index in [9.17, 15) is 18.4 Å². The fraction of sp³-hybridized carbons (Fsp3) is 0.348. The number of hydrogen-bond acceptors (Lipinski definition) is 4. The van der Waals surface area contributed by atoms with Crippen molar-refractivity contribution in [3.8, 4) is 5.69 Å². The first kappa shape index (κ1) is 21.0. The Morgan fingerprint density at radius 1 is 1.16 bits per heavy atom. The Labute approximate surface area is 177 Å². The van der Waals surface area contributed by atoms with Gasteiger partial charge >= 0.3 is 6.09 Å². The average Bonchev–Trinajstić information content (AvgIpc) is 3.50. The van der Waals surface area contributed by atoms with Crippen molar-refractivity contribution < 1.29 is 18.3 Å². The Morgan fingerprint density at radius 2 is 1.87 bits per heavy atom. The Bertz CT molecular complexity index is 1210. The van der Waals surface area contributed by atoms with Gasteiger partial charge in [-0.1, -0.05) is 6.07 Å². The predicted molar refractivity (Wildman–Crippen MR) is 112 cm³/mol. The maximum Gasteiger partial charge on any atom is 0.408 e. The summed E-state index contributed by atoms with van der Waals surface area (Å²) < 4.78 is 34.4. The Morgan fingerprint density at radius 3 is 2.52 bits per heavy atom. The van der Waals surface area contributed by atoms with Crippen LogP contribution in [0.15, 0.2) is 47.3 Å². The van der Waals surface area contributed by atoms with Crippen LogP contribution in [0.1, 0.15) is 45.5 Å². The number of alkyl carbamates (subject to hydrolysis) is 1. The van der Waals surface area contributed by atoms with Gasteiger partial charge in [-0.2, -0.15) is 0 Å². The van der Waals surface area contributed by atoms with Gasteiger partial charge in [0.05, 0.1) is 22.6 Å². The molecule has 162 valence electrons. The van der Waals surface area contributed by atoms with Crippen molar-refractivity contribution in [3.05, 3.63) is 70.3 Å². The van der Waals surface area contributed by atoms with Crippen molar-refractivity contribution in [2.75, 3.05) is 0 Å². The van der Waals surface area contributed by atoms with Gasteiger partial charge in [0.15, 0.2) is 0 Å². The van der Waals surface area contributed by atoms with Gasteiger partial charge in [-0.15, -0.1) is 0 Å². The van der Waals surface area contributed by atoms with Crippen LogP contribution in [0.5, 0.6) is 0 Å². The lowest BCUT2D eigenvalue weighted by Gasteiger charge is -2.25. The first-order chi connectivity index (χ1) is 14.6. The summed E-state index contributed by atoms with van der Waals surface area (Å²) in [4.78, 5) is 30.5. The predicted octanol–water partition coefficient (Wildman–Crippen LogP) is 4.64. The number of rotatable bonds is 4. The van der Waals surface area contributed by atoms with Gasteiger partial charge in [0, 0.05) is 0 Å². The van der Waals surface area contributed by atoms with E-state index < -0.39 is 34.9 Å². The highest BCUT2D eigenvalue weighted by atomic mass is 19.1. The quantitative estimate of drug-likeness (QED) is 0.658. The molecule has 6 nitrogen and oxygen atoms in total. The van der Waals surface area contributed by atoms with Gasteiger partial charge in [0.25, 0.3) is 5.56 Å². The molecule has 1 saturated carbocycles. The molecule has 1 heterocycles. The van der Waals surface area contributed by atoms with E-state index in [1.54, 1.807) is 26.8 Å². The van der Waals surface area contributed by atoms with Crippen LogP contribution < -0.4 is 10.9 Å². The maximum absolute atomic E-state index is 14.0. The molecule has 1 aliphatic rings. The number of amides is 1. The molecule has 31 heavy (non-hydrogen) atoms. The van der Waals surface area contributed by atoms with Crippen molar-refractivity contribution in [3.63, 3.8) is 0 Å². The molecule has 0 aliphatic heterocycles. The molecule has 0 bridgehead atoms. The topological polar surface area (TPSA) is 73.2 Å². The van der Waals surface area contributed by atoms with E-state index in [1.165, 1.54) is 34.9 Å². The molecule has 8 heteroatoms. The minimum absolute atomic E-state index is 0.0529. The number of halogens is 2. The average molecular weight is 427 g/mol. The first-order valence-corrected chi connectivity index (χ1v) is 10.1. The van der Waals surface area contributed by atoms with Gasteiger partial charge in [0.1, 0.15) is 23.1 Å².